The molecule has 0 unspecified atom stereocenters. The molecular weight excluding hydrogens is 408 g/mol. The van der Waals surface area contributed by atoms with E-state index in [1.165, 1.54) is 21.3 Å². The van der Waals surface area contributed by atoms with Gasteiger partial charge in [0, 0.05) is 4.88 Å². The Kier molecular flexibility index (Phi) is 6.05. The number of nitrogens with one attached hydrogen (secondary N) is 1. The predicted molar refractivity (Wildman–Crippen MR) is 126 cm³/mol. The molecule has 0 spiro atoms. The van der Waals surface area contributed by atoms with Crippen LogP contribution in [0, 0.1) is 5.92 Å². The van der Waals surface area contributed by atoms with Crippen LogP contribution in [0.1, 0.15) is 67.6 Å². The van der Waals surface area contributed by atoms with Gasteiger partial charge in [0.2, 0.25) is 0 Å². The molecule has 162 valence electrons. The van der Waals surface area contributed by atoms with Gasteiger partial charge in [-0.15, -0.1) is 11.3 Å². The highest BCUT2D eigenvalue weighted by Gasteiger charge is 2.25. The van der Waals surface area contributed by atoms with Crippen LogP contribution in [0.25, 0.3) is 10.2 Å². The highest BCUT2D eigenvalue weighted by Crippen LogP contribution is 2.35. The standard InChI is InChI=1S/C24H28N4O2S/c1-14(2)18-8-6-17(7-9-18)12-26-27-22(29)16(4)28-13-25-23-21(24(28)30)19-10-5-15(3)11-20(19)31-23/h6-9,12-16H,5,10-11H2,1-4H3,(H,27,29)/b26-12+/t15-,16-/m0/s1. The molecule has 1 N–H and O–H groups in total. The highest BCUT2D eigenvalue weighted by molar-refractivity contribution is 7.18. The van der Waals surface area contributed by atoms with E-state index >= 15 is 0 Å². The zero-order valence-corrected chi connectivity index (χ0v) is 19.2. The van der Waals surface area contributed by atoms with Gasteiger partial charge in [-0.1, -0.05) is 45.0 Å². The molecule has 2 atom stereocenters. The summed E-state index contributed by atoms with van der Waals surface area (Å²) in [5.41, 5.74) is 5.68. The third-order valence-corrected chi connectivity index (χ3v) is 7.19. The molecule has 1 aliphatic rings. The summed E-state index contributed by atoms with van der Waals surface area (Å²) in [6.07, 6.45) is 6.07. The molecule has 2 aromatic heterocycles. The molecule has 2 heterocycles. The first kappa shape index (κ1) is 21.4. The first-order chi connectivity index (χ1) is 14.8. The Morgan fingerprint density at radius 1 is 1.29 bits per heavy atom. The number of hydrogen-bond donors (Lipinski definition) is 1. The van der Waals surface area contributed by atoms with Gasteiger partial charge >= 0.3 is 0 Å². The fourth-order valence-electron chi connectivity index (χ4n) is 3.98. The molecule has 7 heteroatoms. The number of thiophene rings is 1. The normalized spacial score (nSPS) is 17.3. The van der Waals surface area contributed by atoms with E-state index in [0.29, 0.717) is 17.2 Å². The largest absolute Gasteiger partial charge is 0.286 e. The average molecular weight is 437 g/mol. The van der Waals surface area contributed by atoms with Crippen molar-refractivity contribution in [1.82, 2.24) is 15.0 Å². The zero-order valence-electron chi connectivity index (χ0n) is 18.4. The Hall–Kier alpha value is -2.80. The number of fused-ring (bicyclic) bond motifs is 3. The number of nitrogens with zero attached hydrogens (tertiary/aromatic N) is 3. The van der Waals surface area contributed by atoms with E-state index in [2.05, 4.69) is 48.4 Å². The van der Waals surface area contributed by atoms with Gasteiger partial charge in [0.25, 0.3) is 11.5 Å². The summed E-state index contributed by atoms with van der Waals surface area (Å²) >= 11 is 1.61. The number of hydrazone groups is 1. The first-order valence-electron chi connectivity index (χ1n) is 10.8. The Morgan fingerprint density at radius 2 is 2.03 bits per heavy atom. The maximum atomic E-state index is 13.2. The summed E-state index contributed by atoms with van der Waals surface area (Å²) in [7, 11) is 0. The summed E-state index contributed by atoms with van der Waals surface area (Å²) in [6.45, 7) is 8.22. The molecule has 4 rings (SSSR count). The number of carbonyl (C=O) groups excluding carboxylic acids is 1. The number of benzene rings is 1. The lowest BCUT2D eigenvalue weighted by molar-refractivity contribution is -0.123. The molecule has 1 aliphatic carbocycles. The number of aromatic nitrogens is 2. The smallest absolute Gasteiger partial charge is 0.263 e. The number of carbonyl (C=O) groups is 1. The number of amides is 1. The van der Waals surface area contributed by atoms with Gasteiger partial charge in [-0.2, -0.15) is 5.10 Å². The van der Waals surface area contributed by atoms with Crippen LogP contribution in [-0.4, -0.2) is 21.7 Å². The van der Waals surface area contributed by atoms with Crippen LogP contribution in [0.2, 0.25) is 0 Å². The second-order valence-electron chi connectivity index (χ2n) is 8.72. The van der Waals surface area contributed by atoms with E-state index in [1.54, 1.807) is 24.5 Å². The maximum Gasteiger partial charge on any atom is 0.263 e. The maximum absolute atomic E-state index is 13.2. The average Bonchev–Trinajstić information content (AvgIpc) is 3.12. The van der Waals surface area contributed by atoms with Crippen LogP contribution in [0.4, 0.5) is 0 Å². The molecule has 0 saturated carbocycles. The third-order valence-electron chi connectivity index (χ3n) is 6.03. The van der Waals surface area contributed by atoms with Gasteiger partial charge < -0.3 is 0 Å². The Balaban J connectivity index is 1.51. The van der Waals surface area contributed by atoms with Gasteiger partial charge in [-0.05, 0) is 54.7 Å². The molecule has 0 saturated heterocycles. The van der Waals surface area contributed by atoms with Gasteiger partial charge in [0.15, 0.2) is 0 Å². The monoisotopic (exact) mass is 436 g/mol. The summed E-state index contributed by atoms with van der Waals surface area (Å²) in [5, 5.41) is 4.75. The number of hydrogen-bond acceptors (Lipinski definition) is 5. The quantitative estimate of drug-likeness (QED) is 0.475. The Bertz CT molecular complexity index is 1190. The van der Waals surface area contributed by atoms with Crippen LogP contribution in [0.5, 0.6) is 0 Å². The predicted octanol–water partition coefficient (Wildman–Crippen LogP) is 4.42. The van der Waals surface area contributed by atoms with Crippen molar-refractivity contribution < 1.29 is 4.79 Å². The molecule has 1 aromatic carbocycles. The van der Waals surface area contributed by atoms with Crippen molar-refractivity contribution in [3.63, 3.8) is 0 Å². The van der Waals surface area contributed by atoms with Crippen molar-refractivity contribution in [1.29, 1.82) is 0 Å². The van der Waals surface area contributed by atoms with E-state index in [0.717, 1.165) is 35.2 Å². The molecular formula is C24H28N4O2S. The summed E-state index contributed by atoms with van der Waals surface area (Å²) in [4.78, 5) is 32.3. The minimum Gasteiger partial charge on any atom is -0.286 e. The zero-order chi connectivity index (χ0) is 22.1. The fourth-order valence-corrected chi connectivity index (χ4v) is 5.32. The van der Waals surface area contributed by atoms with Crippen LogP contribution < -0.4 is 11.0 Å². The minimum absolute atomic E-state index is 0.145. The lowest BCUT2D eigenvalue weighted by atomic mass is 9.89. The number of aryl methyl sites for hydroxylation is 1. The van der Waals surface area contributed by atoms with Crippen molar-refractivity contribution in [2.45, 2.75) is 58.9 Å². The minimum atomic E-state index is -0.706. The molecule has 0 radical (unpaired) electrons. The first-order valence-corrected chi connectivity index (χ1v) is 11.6. The number of rotatable bonds is 5. The molecule has 3 aromatic rings. The summed E-state index contributed by atoms with van der Waals surface area (Å²) < 4.78 is 1.41. The molecule has 0 fully saturated rings. The van der Waals surface area contributed by atoms with E-state index in [4.69, 9.17) is 0 Å². The van der Waals surface area contributed by atoms with E-state index < -0.39 is 6.04 Å². The summed E-state index contributed by atoms with van der Waals surface area (Å²) in [6, 6.07) is 7.34. The third kappa shape index (κ3) is 4.32. The van der Waals surface area contributed by atoms with E-state index in [-0.39, 0.29) is 11.5 Å². The Labute approximate surface area is 186 Å². The van der Waals surface area contributed by atoms with Crippen LogP contribution in [-0.2, 0) is 17.6 Å². The van der Waals surface area contributed by atoms with E-state index in [1.807, 2.05) is 12.1 Å². The Morgan fingerprint density at radius 3 is 2.74 bits per heavy atom. The van der Waals surface area contributed by atoms with Crippen molar-refractivity contribution in [2.24, 2.45) is 11.0 Å². The second kappa shape index (κ2) is 8.75. The molecule has 6 nitrogen and oxygen atoms in total. The molecule has 0 aliphatic heterocycles. The highest BCUT2D eigenvalue weighted by atomic mass is 32.1. The lowest BCUT2D eigenvalue weighted by Crippen LogP contribution is -2.34. The van der Waals surface area contributed by atoms with E-state index in [9.17, 15) is 9.59 Å². The topological polar surface area (TPSA) is 76.3 Å². The summed E-state index contributed by atoms with van der Waals surface area (Å²) in [5.74, 6) is 0.746. The van der Waals surface area contributed by atoms with Crippen molar-refractivity contribution in [3.05, 3.63) is 62.5 Å². The van der Waals surface area contributed by atoms with Crippen LogP contribution in [0.15, 0.2) is 40.5 Å². The molecule has 1 amide bonds. The van der Waals surface area contributed by atoms with Crippen LogP contribution >= 0.6 is 11.3 Å². The van der Waals surface area contributed by atoms with Crippen molar-refractivity contribution >= 4 is 33.7 Å². The fraction of sp³-hybridized carbons (Fsp3) is 0.417. The van der Waals surface area contributed by atoms with Crippen molar-refractivity contribution in [2.75, 3.05) is 0 Å². The van der Waals surface area contributed by atoms with Gasteiger partial charge in [-0.25, -0.2) is 10.4 Å². The SMILES string of the molecule is CC(C)c1ccc(/C=N/NC(=O)[C@H](C)n2cnc3sc4c(c3c2=O)CC[C@H](C)C4)cc1. The lowest BCUT2D eigenvalue weighted by Gasteiger charge is -2.18. The van der Waals surface area contributed by atoms with Gasteiger partial charge in [-0.3, -0.25) is 14.2 Å². The van der Waals surface area contributed by atoms with Gasteiger partial charge in [0.05, 0.1) is 17.9 Å². The molecule has 0 bridgehead atoms. The second-order valence-corrected chi connectivity index (χ2v) is 9.80. The van der Waals surface area contributed by atoms with Gasteiger partial charge in [0.1, 0.15) is 10.9 Å². The van der Waals surface area contributed by atoms with Crippen molar-refractivity contribution in [3.8, 4) is 0 Å². The molecule has 31 heavy (non-hydrogen) atoms. The van der Waals surface area contributed by atoms with Crippen LogP contribution in [0.3, 0.4) is 0 Å².